The minimum atomic E-state index is -0.374. The highest BCUT2D eigenvalue weighted by Gasteiger charge is 2.16. The minimum Gasteiger partial charge on any atom is -0.267 e. The number of nitrogens with zero attached hydrogens (tertiary/aromatic N) is 2. The predicted molar refractivity (Wildman–Crippen MR) is 114 cm³/mol. The van der Waals surface area contributed by atoms with E-state index in [1.807, 2.05) is 43.3 Å². The zero-order valence-corrected chi connectivity index (χ0v) is 16.6. The van der Waals surface area contributed by atoms with E-state index in [1.165, 1.54) is 4.68 Å². The maximum atomic E-state index is 13.1. The molecule has 1 aromatic heterocycles. The summed E-state index contributed by atoms with van der Waals surface area (Å²) in [4.78, 5) is 30.5. The van der Waals surface area contributed by atoms with Crippen LogP contribution in [0.5, 0.6) is 0 Å². The Morgan fingerprint density at radius 1 is 1.00 bits per heavy atom. The molecular formula is C22H16BrN3O2. The maximum absolute atomic E-state index is 13.1. The van der Waals surface area contributed by atoms with Gasteiger partial charge in [-0.05, 0) is 43.3 Å². The quantitative estimate of drug-likeness (QED) is 0.516. The van der Waals surface area contributed by atoms with E-state index < -0.39 is 0 Å². The molecule has 0 aliphatic carbocycles. The first-order valence-corrected chi connectivity index (χ1v) is 9.48. The van der Waals surface area contributed by atoms with Crippen LogP contribution in [0.1, 0.15) is 15.9 Å². The molecule has 0 aliphatic heterocycles. The SMILES string of the molecule is Cc1cccc(C(=O)Nn2c(-c3ccc(Br)cc3)nc3ccccc3c2=O)c1. The van der Waals surface area contributed by atoms with Gasteiger partial charge in [-0.2, -0.15) is 4.68 Å². The number of hydrogen-bond donors (Lipinski definition) is 1. The first kappa shape index (κ1) is 18.1. The van der Waals surface area contributed by atoms with Crippen LogP contribution < -0.4 is 11.0 Å². The van der Waals surface area contributed by atoms with Crippen LogP contribution in [0.2, 0.25) is 0 Å². The van der Waals surface area contributed by atoms with E-state index in [-0.39, 0.29) is 11.5 Å². The Bertz CT molecular complexity index is 1250. The van der Waals surface area contributed by atoms with Crippen molar-refractivity contribution < 1.29 is 4.79 Å². The van der Waals surface area contributed by atoms with Crippen molar-refractivity contribution in [3.63, 3.8) is 0 Å². The van der Waals surface area contributed by atoms with Gasteiger partial charge in [0, 0.05) is 15.6 Å². The molecule has 1 amide bonds. The Hall–Kier alpha value is -3.25. The number of benzene rings is 3. The lowest BCUT2D eigenvalue weighted by Gasteiger charge is -2.15. The predicted octanol–water partition coefficient (Wildman–Crippen LogP) is 4.52. The van der Waals surface area contributed by atoms with Crippen LogP contribution in [0, 0.1) is 6.92 Å². The Balaban J connectivity index is 1.89. The highest BCUT2D eigenvalue weighted by molar-refractivity contribution is 9.10. The molecule has 0 aliphatic rings. The highest BCUT2D eigenvalue weighted by atomic mass is 79.9. The van der Waals surface area contributed by atoms with Gasteiger partial charge in [0.05, 0.1) is 10.9 Å². The van der Waals surface area contributed by atoms with Crippen molar-refractivity contribution >= 4 is 32.7 Å². The summed E-state index contributed by atoms with van der Waals surface area (Å²) < 4.78 is 2.13. The third kappa shape index (κ3) is 3.46. The van der Waals surface area contributed by atoms with Crippen molar-refractivity contribution in [2.24, 2.45) is 0 Å². The van der Waals surface area contributed by atoms with Gasteiger partial charge in [-0.15, -0.1) is 0 Å². The van der Waals surface area contributed by atoms with Gasteiger partial charge >= 0.3 is 0 Å². The third-order valence-electron chi connectivity index (χ3n) is 4.37. The summed E-state index contributed by atoms with van der Waals surface area (Å²) in [5.74, 6) is -0.00144. The average Bonchev–Trinajstić information content (AvgIpc) is 2.70. The van der Waals surface area contributed by atoms with Crippen molar-refractivity contribution in [3.05, 3.63) is 98.7 Å². The number of carbonyl (C=O) groups excluding carboxylic acids is 1. The summed E-state index contributed by atoms with van der Waals surface area (Å²) in [6, 6.07) is 21.7. The summed E-state index contributed by atoms with van der Waals surface area (Å²) in [7, 11) is 0. The van der Waals surface area contributed by atoms with Gasteiger partial charge in [-0.3, -0.25) is 15.0 Å². The summed E-state index contributed by atoms with van der Waals surface area (Å²) in [6.45, 7) is 1.91. The molecule has 0 atom stereocenters. The smallest absolute Gasteiger partial charge is 0.267 e. The van der Waals surface area contributed by atoms with Crippen LogP contribution in [-0.4, -0.2) is 15.6 Å². The van der Waals surface area contributed by atoms with E-state index in [4.69, 9.17) is 0 Å². The van der Waals surface area contributed by atoms with E-state index in [2.05, 4.69) is 26.3 Å². The van der Waals surface area contributed by atoms with E-state index in [0.717, 1.165) is 15.6 Å². The number of nitrogens with one attached hydrogen (secondary N) is 1. The van der Waals surface area contributed by atoms with Gasteiger partial charge in [-0.1, -0.05) is 57.9 Å². The topological polar surface area (TPSA) is 64.0 Å². The maximum Gasteiger partial charge on any atom is 0.280 e. The molecule has 28 heavy (non-hydrogen) atoms. The van der Waals surface area contributed by atoms with Crippen molar-refractivity contribution in [3.8, 4) is 11.4 Å². The standard InChI is InChI=1S/C22H16BrN3O2/c1-14-5-4-6-16(13-14)21(27)25-26-20(15-9-11-17(23)12-10-15)24-19-8-3-2-7-18(19)22(26)28/h2-13H,1H3,(H,25,27). The van der Waals surface area contributed by atoms with Crippen LogP contribution in [-0.2, 0) is 0 Å². The fraction of sp³-hybridized carbons (Fsp3) is 0.0455. The Kier molecular flexibility index (Phi) is 4.79. The van der Waals surface area contributed by atoms with E-state index in [1.54, 1.807) is 36.4 Å². The lowest BCUT2D eigenvalue weighted by molar-refractivity contribution is 0.101. The van der Waals surface area contributed by atoms with E-state index in [0.29, 0.717) is 22.3 Å². The first-order chi connectivity index (χ1) is 13.5. The van der Waals surface area contributed by atoms with Crippen molar-refractivity contribution in [2.45, 2.75) is 6.92 Å². The van der Waals surface area contributed by atoms with Gasteiger partial charge in [0.25, 0.3) is 11.5 Å². The zero-order chi connectivity index (χ0) is 19.7. The number of amides is 1. The van der Waals surface area contributed by atoms with Gasteiger partial charge < -0.3 is 0 Å². The van der Waals surface area contributed by atoms with E-state index >= 15 is 0 Å². The van der Waals surface area contributed by atoms with E-state index in [9.17, 15) is 9.59 Å². The summed E-state index contributed by atoms with van der Waals surface area (Å²) in [6.07, 6.45) is 0. The molecule has 0 saturated heterocycles. The second-order valence-electron chi connectivity index (χ2n) is 6.41. The van der Waals surface area contributed by atoms with Gasteiger partial charge in [0.2, 0.25) is 0 Å². The number of aryl methyl sites for hydroxylation is 1. The molecule has 1 N–H and O–H groups in total. The van der Waals surface area contributed by atoms with Crippen molar-refractivity contribution in [1.82, 2.24) is 9.66 Å². The molecule has 6 heteroatoms. The van der Waals surface area contributed by atoms with Crippen molar-refractivity contribution in [1.29, 1.82) is 0 Å². The number of aromatic nitrogens is 2. The lowest BCUT2D eigenvalue weighted by Crippen LogP contribution is -2.35. The second kappa shape index (κ2) is 7.40. The average molecular weight is 434 g/mol. The normalized spacial score (nSPS) is 10.8. The molecule has 0 bridgehead atoms. The third-order valence-corrected chi connectivity index (χ3v) is 4.90. The molecule has 0 fully saturated rings. The zero-order valence-electron chi connectivity index (χ0n) is 15.0. The summed E-state index contributed by atoms with van der Waals surface area (Å²) >= 11 is 3.41. The molecule has 138 valence electrons. The molecular weight excluding hydrogens is 418 g/mol. The molecule has 0 radical (unpaired) electrons. The molecule has 1 heterocycles. The minimum absolute atomic E-state index is 0.329. The summed E-state index contributed by atoms with van der Waals surface area (Å²) in [5.41, 5.74) is 5.12. The fourth-order valence-electron chi connectivity index (χ4n) is 2.98. The molecule has 5 nitrogen and oxygen atoms in total. The molecule has 4 rings (SSSR count). The summed E-state index contributed by atoms with van der Waals surface area (Å²) in [5, 5.41) is 0.438. The Morgan fingerprint density at radius 2 is 1.75 bits per heavy atom. The lowest BCUT2D eigenvalue weighted by atomic mass is 10.1. The highest BCUT2D eigenvalue weighted by Crippen LogP contribution is 2.21. The number of fused-ring (bicyclic) bond motifs is 1. The van der Waals surface area contributed by atoms with Gasteiger partial charge in [0.1, 0.15) is 0 Å². The number of carbonyl (C=O) groups is 1. The van der Waals surface area contributed by atoms with Crippen LogP contribution in [0.25, 0.3) is 22.3 Å². The molecule has 0 saturated carbocycles. The molecule has 4 aromatic rings. The molecule has 3 aromatic carbocycles. The van der Waals surface area contributed by atoms with Crippen LogP contribution >= 0.6 is 15.9 Å². The van der Waals surface area contributed by atoms with Crippen LogP contribution in [0.4, 0.5) is 0 Å². The van der Waals surface area contributed by atoms with Gasteiger partial charge in [-0.25, -0.2) is 4.98 Å². The Morgan fingerprint density at radius 3 is 2.50 bits per heavy atom. The van der Waals surface area contributed by atoms with Crippen LogP contribution in [0.3, 0.4) is 0 Å². The monoisotopic (exact) mass is 433 g/mol. The Labute approximate surface area is 169 Å². The number of hydrogen-bond acceptors (Lipinski definition) is 3. The first-order valence-electron chi connectivity index (χ1n) is 8.69. The second-order valence-corrected chi connectivity index (χ2v) is 7.33. The fourth-order valence-corrected chi connectivity index (χ4v) is 3.25. The van der Waals surface area contributed by atoms with Crippen molar-refractivity contribution in [2.75, 3.05) is 5.43 Å². The molecule has 0 unspecified atom stereocenters. The van der Waals surface area contributed by atoms with Gasteiger partial charge in [0.15, 0.2) is 5.82 Å². The molecule has 0 spiro atoms. The number of halogens is 1. The van der Waals surface area contributed by atoms with Crippen LogP contribution in [0.15, 0.2) is 82.1 Å². The number of rotatable bonds is 3. The number of para-hydroxylation sites is 1. The largest absolute Gasteiger partial charge is 0.280 e.